The number of aromatic nitrogens is 1. The Balaban J connectivity index is 1.29. The molecule has 40 heavy (non-hydrogen) atoms. The molecule has 2 aromatic heterocycles. The van der Waals surface area contributed by atoms with Crippen LogP contribution in [0.25, 0.3) is 33.0 Å². The normalized spacial score (nSPS) is 12.7. The van der Waals surface area contributed by atoms with Gasteiger partial charge in [0.1, 0.15) is 28.9 Å². The van der Waals surface area contributed by atoms with Crippen LogP contribution in [0.5, 0.6) is 17.2 Å². The lowest BCUT2D eigenvalue weighted by atomic mass is 10.0. The Morgan fingerprint density at radius 1 is 1.02 bits per heavy atom. The lowest BCUT2D eigenvalue weighted by Gasteiger charge is -2.19. The molecule has 10 heteroatoms. The van der Waals surface area contributed by atoms with Crippen LogP contribution in [-0.4, -0.2) is 46.3 Å². The molecule has 3 aromatic carbocycles. The van der Waals surface area contributed by atoms with Gasteiger partial charge in [0, 0.05) is 35.0 Å². The van der Waals surface area contributed by atoms with Gasteiger partial charge in [-0.15, -0.1) is 0 Å². The number of carbonyl (C=O) groups is 2. The Morgan fingerprint density at radius 3 is 2.50 bits per heavy atom. The molecule has 0 radical (unpaired) electrons. The second-order valence-corrected chi connectivity index (χ2v) is 9.28. The number of ether oxygens (including phenoxy) is 2. The number of aliphatic carboxylic acids is 1. The van der Waals surface area contributed by atoms with Crippen molar-refractivity contribution < 1.29 is 33.7 Å². The molecule has 2 atom stereocenters. The monoisotopic (exact) mass is 542 g/mol. The van der Waals surface area contributed by atoms with Crippen LogP contribution in [0.4, 0.5) is 0 Å². The van der Waals surface area contributed by atoms with Crippen LogP contribution in [-0.2, 0) is 16.0 Å². The molecule has 1 amide bonds. The van der Waals surface area contributed by atoms with E-state index < -0.39 is 29.6 Å². The Kier molecular flexibility index (Phi) is 7.15. The number of H-pyrrole nitrogens is 1. The number of carbonyl (C=O) groups excluding carboxylic acids is 1. The number of rotatable bonds is 9. The highest BCUT2D eigenvalue weighted by atomic mass is 16.5. The Hall–Kier alpha value is -5.25. The highest BCUT2D eigenvalue weighted by Gasteiger charge is 2.25. The number of aromatic hydroxyl groups is 1. The molecule has 2 heterocycles. The van der Waals surface area contributed by atoms with Gasteiger partial charge < -0.3 is 34.4 Å². The third kappa shape index (κ3) is 5.46. The molecule has 204 valence electrons. The lowest BCUT2D eigenvalue weighted by molar-refractivity contribution is -0.142. The van der Waals surface area contributed by atoms with Gasteiger partial charge in [0.25, 0.3) is 5.91 Å². The third-order valence-electron chi connectivity index (χ3n) is 6.58. The minimum absolute atomic E-state index is 0.00505. The smallest absolute Gasteiger partial charge is 0.344 e. The van der Waals surface area contributed by atoms with Gasteiger partial charge in [-0.2, -0.15) is 0 Å². The number of amides is 1. The first-order chi connectivity index (χ1) is 19.2. The summed E-state index contributed by atoms with van der Waals surface area (Å²) in [4.78, 5) is 40.5. The molecule has 10 nitrogen and oxygen atoms in total. The van der Waals surface area contributed by atoms with E-state index in [9.17, 15) is 24.6 Å². The zero-order chi connectivity index (χ0) is 28.4. The predicted octanol–water partition coefficient (Wildman–Crippen LogP) is 4.23. The maximum Gasteiger partial charge on any atom is 0.344 e. The van der Waals surface area contributed by atoms with E-state index in [2.05, 4.69) is 10.3 Å². The molecular formula is C30H26N2O8. The number of phenols is 1. The summed E-state index contributed by atoms with van der Waals surface area (Å²) in [6.45, 7) is 1.49. The molecule has 0 fully saturated rings. The molecular weight excluding hydrogens is 516 g/mol. The number of phenolic OH excluding ortho intramolecular Hbond substituents is 1. The van der Waals surface area contributed by atoms with Crippen molar-refractivity contribution in [3.63, 3.8) is 0 Å². The Labute approximate surface area is 227 Å². The first-order valence-electron chi connectivity index (χ1n) is 12.4. The van der Waals surface area contributed by atoms with Gasteiger partial charge >= 0.3 is 11.6 Å². The van der Waals surface area contributed by atoms with E-state index in [4.69, 9.17) is 13.9 Å². The molecule has 0 aliphatic carbocycles. The summed E-state index contributed by atoms with van der Waals surface area (Å²) in [7, 11) is 1.56. The summed E-state index contributed by atoms with van der Waals surface area (Å²) in [5.41, 5.74) is 2.18. The second kappa shape index (κ2) is 10.9. The molecule has 0 bridgehead atoms. The fraction of sp³-hybridized carbons (Fsp3) is 0.167. The van der Waals surface area contributed by atoms with E-state index in [0.29, 0.717) is 33.2 Å². The van der Waals surface area contributed by atoms with Gasteiger partial charge in [-0.1, -0.05) is 12.1 Å². The number of carboxylic acids is 1. The summed E-state index contributed by atoms with van der Waals surface area (Å²) in [6, 6.07) is 17.1. The minimum Gasteiger partial charge on any atom is -0.508 e. The van der Waals surface area contributed by atoms with Crippen molar-refractivity contribution in [3.8, 4) is 28.4 Å². The number of hydrogen-bond donors (Lipinski definition) is 4. The van der Waals surface area contributed by atoms with Crippen LogP contribution in [0.2, 0.25) is 0 Å². The topological polar surface area (TPSA) is 151 Å². The SMILES string of the molecule is COc1ccc(-c2cc3ccc(O[C@@H](C)C(=O)N[C@H](Cc4c[nH]c5ccc(O)cc45)C(=O)O)cc3oc2=O)cc1. The first kappa shape index (κ1) is 26.4. The van der Waals surface area contributed by atoms with Crippen LogP contribution in [0.1, 0.15) is 12.5 Å². The predicted molar refractivity (Wildman–Crippen MR) is 148 cm³/mol. The Bertz CT molecular complexity index is 1770. The fourth-order valence-electron chi connectivity index (χ4n) is 4.44. The number of aromatic amines is 1. The quantitative estimate of drug-likeness (QED) is 0.202. The van der Waals surface area contributed by atoms with Crippen molar-refractivity contribution in [2.24, 2.45) is 0 Å². The van der Waals surface area contributed by atoms with Crippen molar-refractivity contribution in [1.82, 2.24) is 10.3 Å². The molecule has 0 spiro atoms. The summed E-state index contributed by atoms with van der Waals surface area (Å²) in [5.74, 6) is -0.854. The highest BCUT2D eigenvalue weighted by molar-refractivity contribution is 5.89. The van der Waals surface area contributed by atoms with Crippen LogP contribution in [0, 0.1) is 0 Å². The number of hydrogen-bond acceptors (Lipinski definition) is 7. The average Bonchev–Trinajstić information content (AvgIpc) is 3.33. The molecule has 5 aromatic rings. The number of benzene rings is 3. The lowest BCUT2D eigenvalue weighted by Crippen LogP contribution is -2.47. The van der Waals surface area contributed by atoms with Gasteiger partial charge in [0.05, 0.1) is 12.7 Å². The maximum atomic E-state index is 12.8. The van der Waals surface area contributed by atoms with E-state index in [0.717, 1.165) is 5.52 Å². The number of fused-ring (bicyclic) bond motifs is 2. The molecule has 0 saturated carbocycles. The van der Waals surface area contributed by atoms with E-state index >= 15 is 0 Å². The van der Waals surface area contributed by atoms with Crippen molar-refractivity contribution in [1.29, 1.82) is 0 Å². The Morgan fingerprint density at radius 2 is 1.77 bits per heavy atom. The van der Waals surface area contributed by atoms with Gasteiger partial charge in [-0.05, 0) is 66.6 Å². The second-order valence-electron chi connectivity index (χ2n) is 9.28. The van der Waals surface area contributed by atoms with Crippen molar-refractivity contribution in [2.75, 3.05) is 7.11 Å². The molecule has 0 unspecified atom stereocenters. The molecule has 0 aliphatic rings. The molecule has 0 saturated heterocycles. The zero-order valence-corrected chi connectivity index (χ0v) is 21.6. The standard InChI is InChI=1S/C30H26N2O8/c1-16(28(34)32-26(29(35)36)12-19-15-31-25-10-6-20(33)13-23(19)25)39-22-9-5-18-11-24(30(37)40-27(18)14-22)17-3-7-21(38-2)8-4-17/h3-11,13-16,26,31,33H,12H2,1-2H3,(H,32,34)(H,35,36)/t16-,26+/m0/s1. The van der Waals surface area contributed by atoms with Crippen molar-refractivity contribution in [3.05, 3.63) is 88.9 Å². The van der Waals surface area contributed by atoms with E-state index in [-0.39, 0.29) is 23.5 Å². The minimum atomic E-state index is -1.23. The molecule has 0 aliphatic heterocycles. The van der Waals surface area contributed by atoms with Crippen LogP contribution in [0.15, 0.2) is 82.1 Å². The van der Waals surface area contributed by atoms with E-state index in [1.165, 1.54) is 25.1 Å². The van der Waals surface area contributed by atoms with Crippen LogP contribution in [0.3, 0.4) is 0 Å². The molecule has 4 N–H and O–H groups in total. The van der Waals surface area contributed by atoms with Crippen LogP contribution >= 0.6 is 0 Å². The maximum absolute atomic E-state index is 12.8. The number of carboxylic acid groups (broad SMARTS) is 1. The fourth-order valence-corrected chi connectivity index (χ4v) is 4.44. The van der Waals surface area contributed by atoms with Gasteiger partial charge in [0.15, 0.2) is 6.10 Å². The summed E-state index contributed by atoms with van der Waals surface area (Å²) in [6.07, 6.45) is 0.598. The van der Waals surface area contributed by atoms with Crippen molar-refractivity contribution >= 4 is 33.7 Å². The largest absolute Gasteiger partial charge is 0.508 e. The van der Waals surface area contributed by atoms with E-state index in [1.807, 2.05) is 0 Å². The van der Waals surface area contributed by atoms with E-state index in [1.54, 1.807) is 61.8 Å². The van der Waals surface area contributed by atoms with Gasteiger partial charge in [-0.3, -0.25) is 4.79 Å². The summed E-state index contributed by atoms with van der Waals surface area (Å²) >= 11 is 0. The number of nitrogens with one attached hydrogen (secondary N) is 2. The summed E-state index contributed by atoms with van der Waals surface area (Å²) in [5, 5.41) is 23.4. The zero-order valence-electron chi connectivity index (χ0n) is 21.6. The third-order valence-corrected chi connectivity index (χ3v) is 6.58. The van der Waals surface area contributed by atoms with Gasteiger partial charge in [0.2, 0.25) is 0 Å². The van der Waals surface area contributed by atoms with Gasteiger partial charge in [-0.25, -0.2) is 9.59 Å². The molecule has 5 rings (SSSR count). The average molecular weight is 543 g/mol. The summed E-state index contributed by atoms with van der Waals surface area (Å²) < 4.78 is 16.4. The van der Waals surface area contributed by atoms with Crippen molar-refractivity contribution in [2.45, 2.75) is 25.5 Å². The van der Waals surface area contributed by atoms with Crippen LogP contribution < -0.4 is 20.4 Å². The first-order valence-corrected chi connectivity index (χ1v) is 12.4. The highest BCUT2D eigenvalue weighted by Crippen LogP contribution is 2.27. The number of methoxy groups -OCH3 is 1.